The number of pyridine rings is 1. The Balaban J connectivity index is 1.38. The number of para-hydroxylation sites is 1. The summed E-state index contributed by atoms with van der Waals surface area (Å²) in [5.41, 5.74) is 4.27. The van der Waals surface area contributed by atoms with Gasteiger partial charge in [0.05, 0.1) is 5.52 Å². The van der Waals surface area contributed by atoms with Gasteiger partial charge in [0.15, 0.2) is 5.01 Å². The predicted molar refractivity (Wildman–Crippen MR) is 131 cm³/mol. The van der Waals surface area contributed by atoms with Crippen molar-refractivity contribution in [2.75, 3.05) is 5.32 Å². The first-order valence-corrected chi connectivity index (χ1v) is 11.9. The van der Waals surface area contributed by atoms with E-state index in [2.05, 4.69) is 56.9 Å². The summed E-state index contributed by atoms with van der Waals surface area (Å²) in [5, 5.41) is 15.5. The maximum absolute atomic E-state index is 6.08. The highest BCUT2D eigenvalue weighted by Gasteiger charge is 2.12. The van der Waals surface area contributed by atoms with Crippen LogP contribution in [0.15, 0.2) is 90.0 Å². The lowest BCUT2D eigenvalue weighted by Crippen LogP contribution is -1.88. The van der Waals surface area contributed by atoms with Crippen LogP contribution in [0.3, 0.4) is 0 Å². The zero-order valence-electron chi connectivity index (χ0n) is 16.3. The molecule has 0 fully saturated rings. The zero-order valence-corrected chi connectivity index (χ0v) is 18.7. The van der Waals surface area contributed by atoms with Crippen molar-refractivity contribution in [1.29, 1.82) is 0 Å². The van der Waals surface area contributed by atoms with E-state index in [9.17, 15) is 0 Å². The van der Waals surface area contributed by atoms with E-state index in [0.29, 0.717) is 5.02 Å². The number of thioether (sulfide) groups is 1. The molecule has 0 saturated heterocycles. The van der Waals surface area contributed by atoms with E-state index in [4.69, 9.17) is 11.6 Å². The summed E-state index contributed by atoms with van der Waals surface area (Å²) < 4.78 is 0. The lowest BCUT2D eigenvalue weighted by molar-refractivity contribution is 1.09. The van der Waals surface area contributed by atoms with Crippen molar-refractivity contribution in [3.8, 4) is 10.6 Å². The van der Waals surface area contributed by atoms with E-state index in [-0.39, 0.29) is 0 Å². The number of hydrogen-bond donors (Lipinski definition) is 1. The standard InChI is InChI=1S/C24H17ClN4S2/c25-17-6-5-7-18(14-17)27-24-29-28-23(31-24)20-9-2-4-11-22(20)30-15-16-12-13-26-21-10-3-1-8-19(16)21/h1-14H,15H2,(H,27,29). The largest absolute Gasteiger partial charge is 0.330 e. The summed E-state index contributed by atoms with van der Waals surface area (Å²) >= 11 is 9.40. The van der Waals surface area contributed by atoms with Gasteiger partial charge >= 0.3 is 0 Å². The lowest BCUT2D eigenvalue weighted by atomic mass is 10.1. The third kappa shape index (κ3) is 4.56. The number of nitrogens with zero attached hydrogens (tertiary/aromatic N) is 3. The summed E-state index contributed by atoms with van der Waals surface area (Å²) in [6, 6.07) is 26.2. The number of aromatic nitrogens is 3. The molecule has 3 aromatic carbocycles. The monoisotopic (exact) mass is 460 g/mol. The number of hydrogen-bond acceptors (Lipinski definition) is 6. The molecule has 0 unspecified atom stereocenters. The second kappa shape index (κ2) is 9.06. The minimum absolute atomic E-state index is 0.681. The second-order valence-electron chi connectivity index (χ2n) is 6.82. The van der Waals surface area contributed by atoms with Gasteiger partial charge in [0.2, 0.25) is 5.13 Å². The highest BCUT2D eigenvalue weighted by Crippen LogP contribution is 2.37. The van der Waals surface area contributed by atoms with Crippen LogP contribution in [0.5, 0.6) is 0 Å². The maximum atomic E-state index is 6.08. The fourth-order valence-corrected chi connectivity index (χ4v) is 5.39. The Labute approximate surface area is 193 Å². The van der Waals surface area contributed by atoms with Gasteiger partial charge in [-0.25, -0.2) is 0 Å². The summed E-state index contributed by atoms with van der Waals surface area (Å²) in [4.78, 5) is 5.64. The molecule has 0 aliphatic heterocycles. The molecule has 0 aliphatic rings. The van der Waals surface area contributed by atoms with E-state index in [1.54, 1.807) is 11.8 Å². The molecule has 0 amide bonds. The van der Waals surface area contributed by atoms with Crippen molar-refractivity contribution in [1.82, 2.24) is 15.2 Å². The second-order valence-corrected chi connectivity index (χ2v) is 9.25. The quantitative estimate of drug-likeness (QED) is 0.267. The number of nitrogens with one attached hydrogen (secondary N) is 1. The van der Waals surface area contributed by atoms with Gasteiger partial charge < -0.3 is 5.32 Å². The molecule has 2 heterocycles. The van der Waals surface area contributed by atoms with Crippen LogP contribution < -0.4 is 5.32 Å². The number of rotatable bonds is 6. The fourth-order valence-electron chi connectivity index (χ4n) is 3.28. The minimum atomic E-state index is 0.681. The molecule has 5 aromatic rings. The first-order chi connectivity index (χ1) is 15.3. The number of benzene rings is 3. The van der Waals surface area contributed by atoms with Gasteiger partial charge in [0.25, 0.3) is 0 Å². The van der Waals surface area contributed by atoms with Gasteiger partial charge in [-0.3, -0.25) is 4.98 Å². The average molecular weight is 461 g/mol. The van der Waals surface area contributed by atoms with Crippen LogP contribution in [0, 0.1) is 0 Å². The molecule has 152 valence electrons. The molecule has 0 atom stereocenters. The first-order valence-electron chi connectivity index (χ1n) is 9.67. The van der Waals surface area contributed by atoms with Gasteiger partial charge in [0.1, 0.15) is 0 Å². The number of halogens is 1. The molecule has 5 rings (SSSR count). The molecule has 0 spiro atoms. The summed E-state index contributed by atoms with van der Waals surface area (Å²) in [6.45, 7) is 0. The van der Waals surface area contributed by atoms with Gasteiger partial charge in [0, 0.05) is 38.5 Å². The van der Waals surface area contributed by atoms with Crippen LogP contribution in [-0.4, -0.2) is 15.2 Å². The van der Waals surface area contributed by atoms with Crippen molar-refractivity contribution < 1.29 is 0 Å². The van der Waals surface area contributed by atoms with E-state index in [0.717, 1.165) is 32.7 Å². The van der Waals surface area contributed by atoms with Crippen LogP contribution in [0.1, 0.15) is 5.56 Å². The Hall–Kier alpha value is -2.93. The van der Waals surface area contributed by atoms with Gasteiger partial charge in [-0.05, 0) is 42.0 Å². The zero-order chi connectivity index (χ0) is 21.0. The van der Waals surface area contributed by atoms with Crippen molar-refractivity contribution in [3.63, 3.8) is 0 Å². The molecule has 7 heteroatoms. The van der Waals surface area contributed by atoms with Crippen LogP contribution in [0.2, 0.25) is 5.02 Å². The third-order valence-corrected chi connectivity index (χ3v) is 6.97. The maximum Gasteiger partial charge on any atom is 0.210 e. The highest BCUT2D eigenvalue weighted by molar-refractivity contribution is 7.98. The SMILES string of the molecule is Clc1cccc(Nc2nnc(-c3ccccc3SCc3ccnc4ccccc34)s2)c1. The molecular weight excluding hydrogens is 444 g/mol. The molecule has 0 radical (unpaired) electrons. The Morgan fingerprint density at radius 1 is 0.903 bits per heavy atom. The summed E-state index contributed by atoms with van der Waals surface area (Å²) in [6.07, 6.45) is 1.88. The Kier molecular flexibility index (Phi) is 5.84. The Morgan fingerprint density at radius 2 is 1.77 bits per heavy atom. The van der Waals surface area contributed by atoms with Gasteiger partial charge in [-0.1, -0.05) is 65.4 Å². The Bertz CT molecular complexity index is 1350. The van der Waals surface area contributed by atoms with E-state index in [1.807, 2.05) is 48.7 Å². The molecule has 1 N–H and O–H groups in total. The first kappa shape index (κ1) is 20.0. The lowest BCUT2D eigenvalue weighted by Gasteiger charge is -2.08. The molecule has 31 heavy (non-hydrogen) atoms. The van der Waals surface area contributed by atoms with Gasteiger partial charge in [-0.15, -0.1) is 22.0 Å². The molecule has 0 aliphatic carbocycles. The van der Waals surface area contributed by atoms with Gasteiger partial charge in [-0.2, -0.15) is 0 Å². The topological polar surface area (TPSA) is 50.7 Å². The summed E-state index contributed by atoms with van der Waals surface area (Å²) in [7, 11) is 0. The molecule has 0 saturated carbocycles. The normalized spacial score (nSPS) is 11.0. The number of anilines is 2. The Morgan fingerprint density at radius 3 is 2.71 bits per heavy atom. The van der Waals surface area contributed by atoms with Crippen molar-refractivity contribution in [2.45, 2.75) is 10.6 Å². The smallest absolute Gasteiger partial charge is 0.210 e. The van der Waals surface area contributed by atoms with Crippen molar-refractivity contribution in [2.24, 2.45) is 0 Å². The third-order valence-electron chi connectivity index (χ3n) is 4.74. The van der Waals surface area contributed by atoms with Crippen LogP contribution in [0.4, 0.5) is 10.8 Å². The van der Waals surface area contributed by atoms with Crippen LogP contribution in [0.25, 0.3) is 21.5 Å². The predicted octanol–water partition coefficient (Wildman–Crippen LogP) is 7.44. The average Bonchev–Trinajstić information content (AvgIpc) is 3.26. The van der Waals surface area contributed by atoms with Crippen molar-refractivity contribution in [3.05, 3.63) is 95.6 Å². The van der Waals surface area contributed by atoms with E-state index >= 15 is 0 Å². The highest BCUT2D eigenvalue weighted by atomic mass is 35.5. The van der Waals surface area contributed by atoms with Crippen molar-refractivity contribution >= 4 is 56.4 Å². The molecule has 2 aromatic heterocycles. The van der Waals surface area contributed by atoms with E-state index < -0.39 is 0 Å². The molecule has 4 nitrogen and oxygen atoms in total. The molecular formula is C24H17ClN4S2. The molecule has 0 bridgehead atoms. The van der Waals surface area contributed by atoms with Crippen LogP contribution >= 0.6 is 34.7 Å². The fraction of sp³-hybridized carbons (Fsp3) is 0.0417. The van der Waals surface area contributed by atoms with E-state index in [1.165, 1.54) is 27.2 Å². The summed E-state index contributed by atoms with van der Waals surface area (Å²) in [5.74, 6) is 0.854. The van der Waals surface area contributed by atoms with Crippen LogP contribution in [-0.2, 0) is 5.75 Å². The minimum Gasteiger partial charge on any atom is -0.330 e. The number of fused-ring (bicyclic) bond motifs is 1.